The van der Waals surface area contributed by atoms with E-state index < -0.39 is 11.8 Å². The van der Waals surface area contributed by atoms with Gasteiger partial charge < -0.3 is 15.5 Å². The van der Waals surface area contributed by atoms with Crippen molar-refractivity contribution in [3.05, 3.63) is 77.7 Å². The summed E-state index contributed by atoms with van der Waals surface area (Å²) in [6.07, 6.45) is 4.78. The number of carbonyl (C=O) groups excluding carboxylic acids is 2. The number of nitrogens with one attached hydrogen (secondary N) is 2. The molecule has 1 aliphatic rings. The highest BCUT2D eigenvalue weighted by atomic mass is 32.1. The minimum Gasteiger partial charge on any atom is -0.351 e. The Morgan fingerprint density at radius 3 is 2.84 bits per heavy atom. The molecule has 0 saturated carbocycles. The van der Waals surface area contributed by atoms with Gasteiger partial charge in [0.15, 0.2) is 5.65 Å². The topological polar surface area (TPSA) is 117 Å². The Morgan fingerprint density at radius 1 is 1.11 bits per heavy atom. The number of piperidine rings is 1. The second kappa shape index (κ2) is 10.2. The summed E-state index contributed by atoms with van der Waals surface area (Å²) in [7, 11) is 0. The van der Waals surface area contributed by atoms with Gasteiger partial charge in [-0.15, -0.1) is 21.5 Å². The van der Waals surface area contributed by atoms with Crippen LogP contribution in [0.15, 0.2) is 66.6 Å². The normalized spacial score (nSPS) is 17.6. The Hall–Kier alpha value is -4.38. The van der Waals surface area contributed by atoms with Crippen molar-refractivity contribution in [2.24, 2.45) is 5.92 Å². The highest BCUT2D eigenvalue weighted by Gasteiger charge is 2.34. The zero-order valence-electron chi connectivity index (χ0n) is 20.7. The van der Waals surface area contributed by atoms with E-state index in [0.29, 0.717) is 36.3 Å². The molecule has 4 heterocycles. The van der Waals surface area contributed by atoms with Gasteiger partial charge in [0.05, 0.1) is 28.0 Å². The van der Waals surface area contributed by atoms with Gasteiger partial charge in [-0.3, -0.25) is 9.59 Å². The number of rotatable bonds is 5. The molecular weight excluding hydrogens is 500 g/mol. The van der Waals surface area contributed by atoms with Crippen LogP contribution in [0.1, 0.15) is 36.9 Å². The van der Waals surface area contributed by atoms with Crippen LogP contribution in [0.4, 0.5) is 11.6 Å². The molecule has 0 bridgehead atoms. The third-order valence-corrected chi connectivity index (χ3v) is 7.70. The second-order valence-corrected chi connectivity index (χ2v) is 10.4. The van der Waals surface area contributed by atoms with Crippen LogP contribution in [-0.2, 0) is 16.1 Å². The van der Waals surface area contributed by atoms with Crippen LogP contribution in [0.2, 0.25) is 0 Å². The van der Waals surface area contributed by atoms with E-state index in [1.165, 1.54) is 12.5 Å². The molecule has 38 heavy (non-hydrogen) atoms. The molecule has 1 aliphatic heterocycles. The van der Waals surface area contributed by atoms with Gasteiger partial charge >= 0.3 is 11.8 Å². The number of nitrogens with zero attached hydrogens (tertiary/aromatic N) is 6. The number of thiazole rings is 1. The summed E-state index contributed by atoms with van der Waals surface area (Å²) >= 11 is 1.58. The molecule has 11 heteroatoms. The number of likely N-dealkylation sites (tertiary alicyclic amines) is 1. The summed E-state index contributed by atoms with van der Waals surface area (Å²) in [4.78, 5) is 37.2. The van der Waals surface area contributed by atoms with Crippen LogP contribution >= 0.6 is 11.3 Å². The number of hydrogen-bond donors (Lipinski definition) is 2. The Kier molecular flexibility index (Phi) is 6.42. The molecule has 1 fully saturated rings. The molecule has 192 valence electrons. The summed E-state index contributed by atoms with van der Waals surface area (Å²) < 4.78 is 2.75. The van der Waals surface area contributed by atoms with Crippen LogP contribution in [0.5, 0.6) is 0 Å². The quantitative estimate of drug-likeness (QED) is 0.328. The molecule has 0 radical (unpaired) electrons. The van der Waals surface area contributed by atoms with Crippen molar-refractivity contribution in [2.75, 3.05) is 17.2 Å². The van der Waals surface area contributed by atoms with E-state index >= 15 is 0 Å². The number of fused-ring (bicyclic) bond motifs is 2. The monoisotopic (exact) mass is 526 g/mol. The fourth-order valence-electron chi connectivity index (χ4n) is 4.93. The molecular formula is C27H26N8O2S. The fourth-order valence-corrected chi connectivity index (χ4v) is 5.59. The van der Waals surface area contributed by atoms with Crippen molar-refractivity contribution in [2.45, 2.75) is 32.4 Å². The number of amides is 2. The van der Waals surface area contributed by atoms with Gasteiger partial charge in [-0.25, -0.2) is 14.4 Å². The second-order valence-electron chi connectivity index (χ2n) is 9.55. The molecule has 0 spiro atoms. The van der Waals surface area contributed by atoms with Crippen molar-refractivity contribution in [3.8, 4) is 0 Å². The molecule has 0 aliphatic carbocycles. The molecule has 6 rings (SSSR count). The Balaban J connectivity index is 1.21. The molecule has 1 saturated heterocycles. The molecule has 2 aromatic carbocycles. The van der Waals surface area contributed by atoms with E-state index in [-0.39, 0.29) is 6.04 Å². The Bertz CT molecular complexity index is 1620. The average Bonchev–Trinajstić information content (AvgIpc) is 3.62. The lowest BCUT2D eigenvalue weighted by molar-refractivity contribution is -0.146. The van der Waals surface area contributed by atoms with E-state index in [2.05, 4.69) is 37.7 Å². The SMILES string of the molecule is CC1CCC(c2ccc3scnc3c2)N(C(=O)C(=O)Nc2cnc(NCc3ccccc3)n3cnnc23)C1. The van der Waals surface area contributed by atoms with Crippen molar-refractivity contribution >= 4 is 50.7 Å². The number of hydrogen-bond acceptors (Lipinski definition) is 8. The van der Waals surface area contributed by atoms with E-state index in [1.54, 1.807) is 20.6 Å². The van der Waals surface area contributed by atoms with E-state index in [9.17, 15) is 9.59 Å². The first-order valence-corrected chi connectivity index (χ1v) is 13.4. The minimum atomic E-state index is -0.726. The third-order valence-electron chi connectivity index (χ3n) is 6.89. The zero-order chi connectivity index (χ0) is 26.1. The van der Waals surface area contributed by atoms with Gasteiger partial charge in [0.1, 0.15) is 12.0 Å². The summed E-state index contributed by atoms with van der Waals surface area (Å²) in [6.45, 7) is 3.17. The highest BCUT2D eigenvalue weighted by Crippen LogP contribution is 2.35. The Labute approximate surface area is 222 Å². The van der Waals surface area contributed by atoms with Crippen LogP contribution in [-0.4, -0.2) is 47.8 Å². The number of carbonyl (C=O) groups is 2. The lowest BCUT2D eigenvalue weighted by atomic mass is 9.89. The lowest BCUT2D eigenvalue weighted by Gasteiger charge is -2.38. The maximum Gasteiger partial charge on any atom is 0.314 e. The van der Waals surface area contributed by atoms with Crippen molar-refractivity contribution in [1.29, 1.82) is 0 Å². The van der Waals surface area contributed by atoms with Gasteiger partial charge in [-0.1, -0.05) is 43.3 Å². The molecule has 10 nitrogen and oxygen atoms in total. The number of anilines is 2. The van der Waals surface area contributed by atoms with Gasteiger partial charge in [-0.05, 0) is 42.0 Å². The van der Waals surface area contributed by atoms with Crippen molar-refractivity contribution in [3.63, 3.8) is 0 Å². The molecule has 5 aromatic rings. The molecule has 2 amide bonds. The van der Waals surface area contributed by atoms with Gasteiger partial charge in [0.2, 0.25) is 5.95 Å². The molecule has 2 unspecified atom stereocenters. The average molecular weight is 527 g/mol. The number of benzene rings is 2. The summed E-state index contributed by atoms with van der Waals surface area (Å²) in [5.74, 6) is -0.481. The lowest BCUT2D eigenvalue weighted by Crippen LogP contribution is -2.46. The molecule has 2 N–H and O–H groups in total. The van der Waals surface area contributed by atoms with Gasteiger partial charge in [0, 0.05) is 13.1 Å². The predicted octanol–water partition coefficient (Wildman–Crippen LogP) is 4.28. The maximum absolute atomic E-state index is 13.5. The van der Waals surface area contributed by atoms with Crippen molar-refractivity contribution < 1.29 is 9.59 Å². The van der Waals surface area contributed by atoms with Crippen LogP contribution < -0.4 is 10.6 Å². The summed E-state index contributed by atoms with van der Waals surface area (Å²) in [5.41, 5.74) is 5.52. The van der Waals surface area contributed by atoms with Crippen LogP contribution in [0.3, 0.4) is 0 Å². The first kappa shape index (κ1) is 24.0. The van der Waals surface area contributed by atoms with Crippen LogP contribution in [0, 0.1) is 5.92 Å². The van der Waals surface area contributed by atoms with E-state index in [4.69, 9.17) is 0 Å². The highest BCUT2D eigenvalue weighted by molar-refractivity contribution is 7.16. The minimum absolute atomic E-state index is 0.189. The molecule has 3 aromatic heterocycles. The van der Waals surface area contributed by atoms with E-state index in [1.807, 2.05) is 54.0 Å². The van der Waals surface area contributed by atoms with Crippen LogP contribution in [0.25, 0.3) is 15.9 Å². The fraction of sp³-hybridized carbons (Fsp3) is 0.259. The maximum atomic E-state index is 13.5. The van der Waals surface area contributed by atoms with E-state index in [0.717, 1.165) is 34.2 Å². The van der Waals surface area contributed by atoms with Gasteiger partial charge in [0.25, 0.3) is 0 Å². The van der Waals surface area contributed by atoms with Gasteiger partial charge in [-0.2, -0.15) is 0 Å². The standard InChI is InChI=1S/C27H26N8O2S/c1-17-7-9-22(19-8-10-23-20(11-19)30-16-38-23)34(14-17)26(37)25(36)32-21-13-29-27(35-15-31-33-24(21)35)28-12-18-5-3-2-4-6-18/h2-6,8,10-11,13,15-17,22H,7,9,12,14H2,1H3,(H,28,29)(H,32,36). The smallest absolute Gasteiger partial charge is 0.314 e. The summed E-state index contributed by atoms with van der Waals surface area (Å²) in [6, 6.07) is 15.8. The number of aromatic nitrogens is 5. The first-order chi connectivity index (χ1) is 18.6. The van der Waals surface area contributed by atoms with Crippen molar-refractivity contribution in [1.82, 2.24) is 29.5 Å². The first-order valence-electron chi connectivity index (χ1n) is 12.5. The molecule has 2 atom stereocenters. The largest absolute Gasteiger partial charge is 0.351 e. The Morgan fingerprint density at radius 2 is 1.97 bits per heavy atom. The zero-order valence-corrected chi connectivity index (χ0v) is 21.6. The third kappa shape index (κ3) is 4.68. The predicted molar refractivity (Wildman–Crippen MR) is 146 cm³/mol. The summed E-state index contributed by atoms with van der Waals surface area (Å²) in [5, 5.41) is 14.1.